The molecule has 1 aliphatic rings. The summed E-state index contributed by atoms with van der Waals surface area (Å²) in [6.07, 6.45) is -0.730. The normalized spacial score (nSPS) is 24.3. The van der Waals surface area contributed by atoms with E-state index in [0.717, 1.165) is 0 Å². The summed E-state index contributed by atoms with van der Waals surface area (Å²) < 4.78 is 13.6. The van der Waals surface area contributed by atoms with Crippen LogP contribution in [0.25, 0.3) is 0 Å². The number of hydrogen-bond acceptors (Lipinski definition) is 4. The smallest absolute Gasteiger partial charge is 0.304 e. The van der Waals surface area contributed by atoms with Crippen LogP contribution in [0.3, 0.4) is 0 Å². The Bertz CT molecular complexity index is 479. The molecule has 0 radical (unpaired) electrons. The molecule has 1 saturated heterocycles. The van der Waals surface area contributed by atoms with Crippen LogP contribution in [0.1, 0.15) is 34.6 Å². The van der Waals surface area contributed by atoms with Crippen molar-refractivity contribution in [1.82, 2.24) is 4.57 Å². The Morgan fingerprint density at radius 3 is 2.00 bits per heavy atom. The molecule has 0 aromatic carbocycles. The van der Waals surface area contributed by atoms with E-state index in [2.05, 4.69) is 53.5 Å². The van der Waals surface area contributed by atoms with Gasteiger partial charge in [-0.25, -0.2) is 0 Å². The first-order chi connectivity index (χ1) is 10.1. The van der Waals surface area contributed by atoms with E-state index in [-0.39, 0.29) is 28.9 Å². The number of rotatable bonds is 5. The van der Waals surface area contributed by atoms with Gasteiger partial charge in [0, 0.05) is 6.92 Å². The van der Waals surface area contributed by atoms with Crippen molar-refractivity contribution in [3.8, 4) is 0 Å². The Morgan fingerprint density at radius 2 is 1.65 bits per heavy atom. The number of carbonyl (C=O) groups excluding carboxylic acids is 2. The summed E-state index contributed by atoms with van der Waals surface area (Å²) in [6.45, 7) is 20.4. The summed E-state index contributed by atoms with van der Waals surface area (Å²) in [5.41, 5.74) is 0. The summed E-state index contributed by atoms with van der Waals surface area (Å²) in [7, 11) is -3.87. The van der Waals surface area contributed by atoms with Gasteiger partial charge in [-0.1, -0.05) is 40.4 Å². The predicted octanol–water partition coefficient (Wildman–Crippen LogP) is 3.58. The number of β-lactam (4-membered cyclic amide) rings is 1. The number of ether oxygens (including phenoxy) is 1. The average molecular weight is 360 g/mol. The summed E-state index contributed by atoms with van der Waals surface area (Å²) in [5.74, 6) is -0.684. The van der Waals surface area contributed by atoms with Crippen LogP contribution in [0.4, 0.5) is 0 Å². The van der Waals surface area contributed by atoms with E-state index in [1.807, 2.05) is 6.92 Å². The fraction of sp³-hybridized carbons (Fsp3) is 0.875. The molecule has 1 unspecified atom stereocenters. The quantitative estimate of drug-likeness (QED) is 0.428. The highest BCUT2D eigenvalue weighted by Gasteiger charge is 2.57. The molecule has 5 nitrogen and oxygen atoms in total. The highest BCUT2D eigenvalue weighted by Crippen LogP contribution is 2.41. The fourth-order valence-electron chi connectivity index (χ4n) is 2.64. The van der Waals surface area contributed by atoms with Gasteiger partial charge in [0.05, 0.1) is 6.10 Å². The number of hydrogen-bond donors (Lipinski definition) is 0. The van der Waals surface area contributed by atoms with Crippen molar-refractivity contribution in [2.75, 3.05) is 0 Å². The molecular weight excluding hydrogens is 326 g/mol. The summed E-state index contributed by atoms with van der Waals surface area (Å²) >= 11 is 0. The highest BCUT2D eigenvalue weighted by molar-refractivity contribution is 6.76. The van der Waals surface area contributed by atoms with E-state index < -0.39 is 22.8 Å². The first-order valence-electron chi connectivity index (χ1n) is 8.28. The van der Waals surface area contributed by atoms with E-state index in [1.165, 1.54) is 6.92 Å². The molecule has 1 aliphatic heterocycles. The van der Waals surface area contributed by atoms with Gasteiger partial charge in [0.1, 0.15) is 5.92 Å². The van der Waals surface area contributed by atoms with Crippen LogP contribution < -0.4 is 0 Å². The van der Waals surface area contributed by atoms with Gasteiger partial charge in [0.2, 0.25) is 5.91 Å². The monoisotopic (exact) mass is 359 g/mol. The lowest BCUT2D eigenvalue weighted by Crippen LogP contribution is -2.73. The predicted molar refractivity (Wildman–Crippen MR) is 97.0 cm³/mol. The first kappa shape index (κ1) is 20.4. The largest absolute Gasteiger partial charge is 0.441 e. The minimum Gasteiger partial charge on any atom is -0.441 e. The molecule has 0 bridgehead atoms. The lowest BCUT2D eigenvalue weighted by molar-refractivity contribution is -0.192. The van der Waals surface area contributed by atoms with Gasteiger partial charge in [-0.3, -0.25) is 9.59 Å². The third-order valence-electron chi connectivity index (χ3n) is 4.89. The maximum absolute atomic E-state index is 12.7. The number of amides is 1. The molecule has 23 heavy (non-hydrogen) atoms. The number of esters is 1. The molecule has 134 valence electrons. The van der Waals surface area contributed by atoms with Crippen molar-refractivity contribution in [1.29, 1.82) is 0 Å². The number of carbonyl (C=O) groups is 2. The first-order valence-corrected chi connectivity index (χ1v) is 14.6. The van der Waals surface area contributed by atoms with Gasteiger partial charge in [-0.15, -0.1) is 0 Å². The molecule has 1 heterocycles. The third-order valence-corrected chi connectivity index (χ3v) is 11.4. The molecule has 1 fully saturated rings. The third kappa shape index (κ3) is 4.25. The average Bonchev–Trinajstić information content (AvgIpc) is 2.22. The van der Waals surface area contributed by atoms with E-state index in [4.69, 9.17) is 9.16 Å². The Hall–Kier alpha value is -0.666. The molecule has 0 aromatic heterocycles. The van der Waals surface area contributed by atoms with Crippen molar-refractivity contribution < 1.29 is 18.8 Å². The van der Waals surface area contributed by atoms with Crippen LogP contribution in [0.15, 0.2) is 0 Å². The zero-order chi connectivity index (χ0) is 18.4. The van der Waals surface area contributed by atoms with Crippen LogP contribution in [0, 0.1) is 5.92 Å². The van der Waals surface area contributed by atoms with Crippen LogP contribution in [0.5, 0.6) is 0 Å². The van der Waals surface area contributed by atoms with Crippen molar-refractivity contribution in [3.63, 3.8) is 0 Å². The van der Waals surface area contributed by atoms with Gasteiger partial charge >= 0.3 is 5.97 Å². The second-order valence-corrected chi connectivity index (χ2v) is 18.6. The molecule has 0 aliphatic carbocycles. The summed E-state index contributed by atoms with van der Waals surface area (Å²) in [5, 5.41) is 0.0729. The van der Waals surface area contributed by atoms with Gasteiger partial charge < -0.3 is 13.7 Å². The fourth-order valence-corrected chi connectivity index (χ4v) is 5.86. The van der Waals surface area contributed by atoms with Gasteiger partial charge in [0.25, 0.3) is 0 Å². The molecule has 1 rings (SSSR count). The van der Waals surface area contributed by atoms with Crippen LogP contribution in [-0.4, -0.2) is 45.3 Å². The Labute approximate surface area is 142 Å². The minimum absolute atomic E-state index is 0.0571. The van der Waals surface area contributed by atoms with Crippen LogP contribution >= 0.6 is 0 Å². The summed E-state index contributed by atoms with van der Waals surface area (Å²) in [4.78, 5) is 24.1. The van der Waals surface area contributed by atoms with Crippen molar-refractivity contribution >= 4 is 28.4 Å². The van der Waals surface area contributed by atoms with Gasteiger partial charge in [-0.2, -0.15) is 0 Å². The lowest BCUT2D eigenvalue weighted by Gasteiger charge is -2.54. The topological polar surface area (TPSA) is 55.8 Å². The molecular formula is C16H33NO4Si2. The minimum atomic E-state index is -1.98. The Morgan fingerprint density at radius 1 is 1.17 bits per heavy atom. The molecule has 7 heteroatoms. The Balaban J connectivity index is 2.97. The zero-order valence-corrected chi connectivity index (χ0v) is 18.3. The molecule has 0 spiro atoms. The summed E-state index contributed by atoms with van der Waals surface area (Å²) in [6, 6.07) is 0. The maximum Gasteiger partial charge on any atom is 0.304 e. The lowest BCUT2D eigenvalue weighted by atomic mass is 9.93. The van der Waals surface area contributed by atoms with E-state index in [0.29, 0.717) is 0 Å². The van der Waals surface area contributed by atoms with Crippen molar-refractivity contribution in [3.05, 3.63) is 0 Å². The van der Waals surface area contributed by atoms with Crippen molar-refractivity contribution in [2.24, 2.45) is 5.92 Å². The standard InChI is InChI=1S/C16H33NO4Si2/c1-11(21-23(9,10)16(3,4)5)13-14(19)17(22(6,7)8)15(13)20-12(2)18/h11,13,15H,1-10H3/t11?,13-,15+/m0/s1. The van der Waals surface area contributed by atoms with E-state index >= 15 is 0 Å². The SMILES string of the molecule is CC(=O)O[C@@H]1[C@@H](C(C)O[Si](C)(C)C(C)(C)C)C(=O)N1[Si](C)(C)C. The zero-order valence-electron chi connectivity index (χ0n) is 16.3. The van der Waals surface area contributed by atoms with Gasteiger partial charge in [-0.05, 0) is 25.1 Å². The highest BCUT2D eigenvalue weighted by atomic mass is 28.4. The van der Waals surface area contributed by atoms with Crippen LogP contribution in [0.2, 0.25) is 37.8 Å². The molecule has 0 saturated carbocycles. The van der Waals surface area contributed by atoms with E-state index in [9.17, 15) is 9.59 Å². The second-order valence-electron chi connectivity index (χ2n) is 8.99. The molecule has 0 aromatic rings. The van der Waals surface area contributed by atoms with Crippen molar-refractivity contribution in [2.45, 2.75) is 84.7 Å². The molecule has 0 N–H and O–H groups in total. The Kier molecular flexibility index (Phi) is 5.61. The van der Waals surface area contributed by atoms with E-state index in [1.54, 1.807) is 4.57 Å². The van der Waals surface area contributed by atoms with Crippen LogP contribution in [-0.2, 0) is 18.8 Å². The molecule has 1 amide bonds. The second kappa shape index (κ2) is 6.33. The van der Waals surface area contributed by atoms with Gasteiger partial charge in [0.15, 0.2) is 22.8 Å². The molecule has 3 atom stereocenters. The maximum atomic E-state index is 12.7. The number of nitrogens with zero attached hydrogens (tertiary/aromatic N) is 1.